The van der Waals surface area contributed by atoms with Crippen molar-refractivity contribution >= 4 is 29.1 Å². The molecule has 0 spiro atoms. The van der Waals surface area contributed by atoms with Gasteiger partial charge in [0.1, 0.15) is 5.76 Å². The first-order chi connectivity index (χ1) is 15.5. The summed E-state index contributed by atoms with van der Waals surface area (Å²) in [7, 11) is 0. The quantitative estimate of drug-likeness (QED) is 0.408. The summed E-state index contributed by atoms with van der Waals surface area (Å²) in [6.07, 6.45) is 3.69. The topological polar surface area (TPSA) is 46.3 Å². The number of carbonyl (C=O) groups is 1. The van der Waals surface area contributed by atoms with Gasteiger partial charge in [0.25, 0.3) is 0 Å². The smallest absolute Gasteiger partial charge is 0.226 e. The van der Waals surface area contributed by atoms with Gasteiger partial charge in [-0.1, -0.05) is 52.6 Å². The molecule has 5 rings (SSSR count). The number of nitrogens with zero attached hydrogens (tertiary/aromatic N) is 2. The summed E-state index contributed by atoms with van der Waals surface area (Å²) in [5, 5.41) is 5.57. The van der Waals surface area contributed by atoms with Crippen LogP contribution in [0.4, 0.5) is 0 Å². The van der Waals surface area contributed by atoms with Gasteiger partial charge in [-0.05, 0) is 67.5 Å². The van der Waals surface area contributed by atoms with Crippen LogP contribution in [0.5, 0.6) is 0 Å². The molecule has 1 amide bonds. The van der Waals surface area contributed by atoms with Crippen molar-refractivity contribution in [2.45, 2.75) is 44.6 Å². The largest absolute Gasteiger partial charge is 0.361 e. The zero-order valence-electron chi connectivity index (χ0n) is 18.0. The standard InChI is InChI=1S/C26H26Cl2N2O2/c1-16-11-23(29-32-16)13-20-14-24(19-3-2-4-22(28)12-19)25(18-7-9-21(27)10-8-18)30(26(20)31)15-17-5-6-17/h2-4,7-12,17,20,24-25H,5-6,13-15H2,1H3/t20-,24+,25+/m0/s1. The van der Waals surface area contributed by atoms with Gasteiger partial charge in [-0.2, -0.15) is 0 Å². The van der Waals surface area contributed by atoms with E-state index in [1.807, 2.05) is 43.3 Å². The first-order valence-corrected chi connectivity index (χ1v) is 12.0. The molecule has 2 aromatic carbocycles. The Balaban J connectivity index is 1.56. The molecule has 32 heavy (non-hydrogen) atoms. The number of rotatable bonds is 6. The maximum atomic E-state index is 13.8. The van der Waals surface area contributed by atoms with Crippen molar-refractivity contribution in [2.75, 3.05) is 6.54 Å². The SMILES string of the molecule is Cc1cc(C[C@H]2C[C@H](c3cccc(Cl)c3)[C@@H](c3ccc(Cl)cc3)N(CC3CC3)C2=O)no1. The Bertz CT molecular complexity index is 1110. The average Bonchev–Trinajstić information content (AvgIpc) is 3.50. The lowest BCUT2D eigenvalue weighted by Crippen LogP contribution is -2.48. The van der Waals surface area contributed by atoms with Crippen LogP contribution in [0.15, 0.2) is 59.1 Å². The van der Waals surface area contributed by atoms with Gasteiger partial charge in [-0.15, -0.1) is 0 Å². The second kappa shape index (κ2) is 8.92. The average molecular weight is 469 g/mol. The third-order valence-corrected chi connectivity index (χ3v) is 7.15. The highest BCUT2D eigenvalue weighted by Crippen LogP contribution is 2.48. The van der Waals surface area contributed by atoms with E-state index in [-0.39, 0.29) is 23.8 Å². The molecule has 1 aliphatic carbocycles. The molecule has 3 atom stereocenters. The number of hydrogen-bond acceptors (Lipinski definition) is 3. The van der Waals surface area contributed by atoms with E-state index in [1.54, 1.807) is 0 Å². The first kappa shape index (κ1) is 21.5. The number of hydrogen-bond donors (Lipinski definition) is 0. The molecular weight excluding hydrogens is 443 g/mol. The van der Waals surface area contributed by atoms with Crippen molar-refractivity contribution in [1.29, 1.82) is 0 Å². The number of carbonyl (C=O) groups excluding carboxylic acids is 1. The normalized spacial score (nSPS) is 23.5. The number of halogens is 2. The lowest BCUT2D eigenvalue weighted by Gasteiger charge is -2.45. The molecule has 2 fully saturated rings. The van der Waals surface area contributed by atoms with Crippen molar-refractivity contribution in [3.63, 3.8) is 0 Å². The summed E-state index contributed by atoms with van der Waals surface area (Å²) in [5.41, 5.74) is 3.11. The van der Waals surface area contributed by atoms with Crippen LogP contribution < -0.4 is 0 Å². The summed E-state index contributed by atoms with van der Waals surface area (Å²) in [5.74, 6) is 1.54. The van der Waals surface area contributed by atoms with Gasteiger partial charge >= 0.3 is 0 Å². The van der Waals surface area contributed by atoms with Gasteiger partial charge in [0.2, 0.25) is 5.91 Å². The monoisotopic (exact) mass is 468 g/mol. The highest BCUT2D eigenvalue weighted by atomic mass is 35.5. The van der Waals surface area contributed by atoms with E-state index in [0.717, 1.165) is 35.5 Å². The lowest BCUT2D eigenvalue weighted by molar-refractivity contribution is -0.143. The van der Waals surface area contributed by atoms with Gasteiger partial charge in [-0.3, -0.25) is 4.79 Å². The van der Waals surface area contributed by atoms with E-state index < -0.39 is 0 Å². The van der Waals surface area contributed by atoms with Crippen LogP contribution in [-0.2, 0) is 11.2 Å². The highest BCUT2D eigenvalue weighted by molar-refractivity contribution is 6.30. The minimum Gasteiger partial charge on any atom is -0.361 e. The van der Waals surface area contributed by atoms with E-state index in [0.29, 0.717) is 22.4 Å². The lowest BCUT2D eigenvalue weighted by atomic mass is 9.74. The van der Waals surface area contributed by atoms with E-state index in [4.69, 9.17) is 27.7 Å². The summed E-state index contributed by atoms with van der Waals surface area (Å²) in [4.78, 5) is 15.9. The van der Waals surface area contributed by atoms with Gasteiger partial charge in [0, 0.05) is 40.9 Å². The van der Waals surface area contributed by atoms with Crippen LogP contribution in [0.2, 0.25) is 10.0 Å². The summed E-state index contributed by atoms with van der Waals surface area (Å²) in [6.45, 7) is 2.67. The maximum absolute atomic E-state index is 13.8. The van der Waals surface area contributed by atoms with Gasteiger partial charge < -0.3 is 9.42 Å². The van der Waals surface area contributed by atoms with Crippen LogP contribution in [0.1, 0.15) is 53.8 Å². The fraction of sp³-hybridized carbons (Fsp3) is 0.385. The molecule has 0 radical (unpaired) electrons. The maximum Gasteiger partial charge on any atom is 0.226 e. The van der Waals surface area contributed by atoms with Gasteiger partial charge in [0.05, 0.1) is 11.7 Å². The number of likely N-dealkylation sites (tertiary alicyclic amines) is 1. The highest BCUT2D eigenvalue weighted by Gasteiger charge is 2.44. The Labute approximate surface area is 198 Å². The third kappa shape index (κ3) is 4.57. The second-order valence-electron chi connectivity index (χ2n) is 9.16. The molecule has 4 nitrogen and oxygen atoms in total. The van der Waals surface area contributed by atoms with Crippen LogP contribution >= 0.6 is 23.2 Å². The number of aromatic nitrogens is 1. The molecule has 3 aromatic rings. The molecule has 0 N–H and O–H groups in total. The number of benzene rings is 2. The summed E-state index contributed by atoms with van der Waals surface area (Å²) < 4.78 is 5.27. The molecular formula is C26H26Cl2N2O2. The fourth-order valence-electron chi connectivity index (χ4n) is 4.97. The molecule has 1 saturated carbocycles. The molecule has 1 aliphatic heterocycles. The number of amides is 1. The van der Waals surface area contributed by atoms with Crippen molar-refractivity contribution in [2.24, 2.45) is 11.8 Å². The molecule has 1 aromatic heterocycles. The van der Waals surface area contributed by atoms with Crippen molar-refractivity contribution in [1.82, 2.24) is 10.1 Å². The van der Waals surface area contributed by atoms with E-state index >= 15 is 0 Å². The Morgan fingerprint density at radius 1 is 1.03 bits per heavy atom. The predicted octanol–water partition coefficient (Wildman–Crippen LogP) is 6.62. The van der Waals surface area contributed by atoms with Crippen molar-refractivity contribution in [3.05, 3.63) is 87.2 Å². The van der Waals surface area contributed by atoms with Gasteiger partial charge in [-0.25, -0.2) is 0 Å². The summed E-state index contributed by atoms with van der Waals surface area (Å²) >= 11 is 12.6. The van der Waals surface area contributed by atoms with Crippen LogP contribution in [-0.4, -0.2) is 22.5 Å². The molecule has 0 bridgehead atoms. The third-order valence-electron chi connectivity index (χ3n) is 6.66. The Morgan fingerprint density at radius 3 is 2.47 bits per heavy atom. The molecule has 1 saturated heterocycles. The Morgan fingerprint density at radius 2 is 1.81 bits per heavy atom. The zero-order valence-corrected chi connectivity index (χ0v) is 19.5. The van der Waals surface area contributed by atoms with Crippen LogP contribution in [0.3, 0.4) is 0 Å². The van der Waals surface area contributed by atoms with E-state index in [2.05, 4.69) is 28.3 Å². The minimum absolute atomic E-state index is 0.0471. The summed E-state index contributed by atoms with van der Waals surface area (Å²) in [6, 6.07) is 17.9. The van der Waals surface area contributed by atoms with Crippen molar-refractivity contribution in [3.8, 4) is 0 Å². The molecule has 6 heteroatoms. The number of aryl methyl sites for hydroxylation is 1. The van der Waals surface area contributed by atoms with Crippen molar-refractivity contribution < 1.29 is 9.32 Å². The van der Waals surface area contributed by atoms with Crippen LogP contribution in [0, 0.1) is 18.8 Å². The first-order valence-electron chi connectivity index (χ1n) is 11.2. The Kier molecular flexibility index (Phi) is 6.00. The van der Waals surface area contributed by atoms with Gasteiger partial charge in [0.15, 0.2) is 0 Å². The van der Waals surface area contributed by atoms with Crippen LogP contribution in [0.25, 0.3) is 0 Å². The van der Waals surface area contributed by atoms with E-state index in [1.165, 1.54) is 12.8 Å². The zero-order chi connectivity index (χ0) is 22.2. The van der Waals surface area contributed by atoms with E-state index in [9.17, 15) is 4.79 Å². The minimum atomic E-state index is -0.147. The number of piperidine rings is 1. The fourth-order valence-corrected chi connectivity index (χ4v) is 5.30. The molecule has 166 valence electrons. The molecule has 2 aliphatic rings. The molecule has 2 heterocycles. The Hall–Kier alpha value is -2.30. The second-order valence-corrected chi connectivity index (χ2v) is 10.0. The predicted molar refractivity (Wildman–Crippen MR) is 126 cm³/mol. The molecule has 0 unspecified atom stereocenters.